The lowest BCUT2D eigenvalue weighted by molar-refractivity contribution is 0.233. The van der Waals surface area contributed by atoms with Crippen LogP contribution in [0.3, 0.4) is 0 Å². The molecule has 25 heavy (non-hydrogen) atoms. The van der Waals surface area contributed by atoms with Gasteiger partial charge in [0.05, 0.1) is 0 Å². The van der Waals surface area contributed by atoms with E-state index in [1.807, 2.05) is 6.07 Å². The number of halogens is 1. The first kappa shape index (κ1) is 16.6. The molecule has 8 heteroatoms. The van der Waals surface area contributed by atoms with Gasteiger partial charge >= 0.3 is 6.03 Å². The maximum atomic E-state index is 13.0. The zero-order chi connectivity index (χ0) is 17.6. The Morgan fingerprint density at radius 1 is 1.28 bits per heavy atom. The van der Waals surface area contributed by atoms with Crippen LogP contribution in [0.1, 0.15) is 24.4 Å². The summed E-state index contributed by atoms with van der Waals surface area (Å²) in [6.45, 7) is 2.09. The zero-order valence-electron chi connectivity index (χ0n) is 13.4. The summed E-state index contributed by atoms with van der Waals surface area (Å²) in [5.74, 6) is 0.253. The maximum Gasteiger partial charge on any atom is 0.315 e. The molecule has 3 rings (SSSR count). The molecule has 128 valence electrons. The quantitative estimate of drug-likeness (QED) is 0.744. The van der Waals surface area contributed by atoms with Crippen molar-refractivity contribution in [2.24, 2.45) is 0 Å². The van der Waals surface area contributed by atoms with Crippen molar-refractivity contribution in [1.82, 2.24) is 25.8 Å². The fraction of sp³-hybridized carbons (Fsp3) is 0.176. The van der Waals surface area contributed by atoms with Crippen LogP contribution in [-0.2, 0) is 6.54 Å². The van der Waals surface area contributed by atoms with Crippen molar-refractivity contribution in [2.45, 2.75) is 19.5 Å². The van der Waals surface area contributed by atoms with Crippen LogP contribution in [0, 0.1) is 5.82 Å². The lowest BCUT2D eigenvalue weighted by Gasteiger charge is -2.10. The van der Waals surface area contributed by atoms with Gasteiger partial charge < -0.3 is 15.2 Å². The van der Waals surface area contributed by atoms with Crippen LogP contribution in [0.15, 0.2) is 53.3 Å². The number of carbonyl (C=O) groups is 1. The molecule has 0 unspecified atom stereocenters. The van der Waals surface area contributed by atoms with E-state index < -0.39 is 6.04 Å². The highest BCUT2D eigenvalue weighted by Gasteiger charge is 2.17. The van der Waals surface area contributed by atoms with E-state index in [4.69, 9.17) is 4.52 Å². The van der Waals surface area contributed by atoms with E-state index in [-0.39, 0.29) is 17.7 Å². The molecule has 2 amide bonds. The number of amides is 2. The zero-order valence-corrected chi connectivity index (χ0v) is 13.4. The topological polar surface area (TPSA) is 92.9 Å². The number of rotatable bonds is 5. The van der Waals surface area contributed by atoms with E-state index >= 15 is 0 Å². The summed E-state index contributed by atoms with van der Waals surface area (Å²) >= 11 is 0. The fourth-order valence-electron chi connectivity index (χ4n) is 2.12. The van der Waals surface area contributed by atoms with Crippen molar-refractivity contribution in [3.05, 3.63) is 66.1 Å². The van der Waals surface area contributed by atoms with E-state index in [0.717, 1.165) is 5.56 Å². The van der Waals surface area contributed by atoms with Gasteiger partial charge in [0.1, 0.15) is 11.9 Å². The van der Waals surface area contributed by atoms with Gasteiger partial charge in [-0.3, -0.25) is 4.98 Å². The Kier molecular flexibility index (Phi) is 4.98. The molecule has 2 aromatic heterocycles. The second-order valence-electron chi connectivity index (χ2n) is 5.37. The minimum absolute atomic E-state index is 0.260. The van der Waals surface area contributed by atoms with Gasteiger partial charge in [-0.1, -0.05) is 11.2 Å². The highest BCUT2D eigenvalue weighted by molar-refractivity contribution is 5.74. The molecule has 0 spiro atoms. The highest BCUT2D eigenvalue weighted by atomic mass is 19.1. The Hall–Kier alpha value is -3.29. The molecule has 0 bridgehead atoms. The molecule has 1 atom stereocenters. The molecule has 0 aliphatic carbocycles. The monoisotopic (exact) mass is 341 g/mol. The molecule has 0 aliphatic heterocycles. The average molecular weight is 341 g/mol. The third-order valence-electron chi connectivity index (χ3n) is 3.44. The van der Waals surface area contributed by atoms with Crippen molar-refractivity contribution in [3.63, 3.8) is 0 Å². The van der Waals surface area contributed by atoms with Gasteiger partial charge in [-0.15, -0.1) is 0 Å². The first-order valence-corrected chi connectivity index (χ1v) is 7.64. The highest BCUT2D eigenvalue weighted by Crippen LogP contribution is 2.18. The van der Waals surface area contributed by atoms with Gasteiger partial charge in [0.15, 0.2) is 0 Å². The van der Waals surface area contributed by atoms with E-state index in [1.54, 1.807) is 37.5 Å². The first-order chi connectivity index (χ1) is 12.1. The molecule has 0 aliphatic rings. The number of aromatic nitrogens is 3. The summed E-state index contributed by atoms with van der Waals surface area (Å²) in [5.41, 5.74) is 1.52. The van der Waals surface area contributed by atoms with Crippen molar-refractivity contribution in [2.75, 3.05) is 0 Å². The Morgan fingerprint density at radius 3 is 2.80 bits per heavy atom. The summed E-state index contributed by atoms with van der Waals surface area (Å²) in [6.07, 6.45) is 3.34. The number of urea groups is 1. The number of carbonyl (C=O) groups excluding carboxylic acids is 1. The summed E-state index contributed by atoms with van der Waals surface area (Å²) in [5, 5.41) is 9.29. The summed E-state index contributed by atoms with van der Waals surface area (Å²) < 4.78 is 18.1. The largest absolute Gasteiger partial charge is 0.337 e. The first-order valence-electron chi connectivity index (χ1n) is 7.64. The Balaban J connectivity index is 1.57. The second-order valence-corrected chi connectivity index (χ2v) is 5.37. The minimum Gasteiger partial charge on any atom is -0.337 e. The molecule has 3 aromatic rings. The van der Waals surface area contributed by atoms with Gasteiger partial charge in [0.2, 0.25) is 11.7 Å². The normalized spacial score (nSPS) is 11.8. The number of nitrogens with one attached hydrogen (secondary N) is 2. The average Bonchev–Trinajstić information content (AvgIpc) is 3.12. The maximum absolute atomic E-state index is 13.0. The van der Waals surface area contributed by atoms with Crippen molar-refractivity contribution in [3.8, 4) is 11.4 Å². The lowest BCUT2D eigenvalue weighted by Crippen LogP contribution is -2.36. The number of benzene rings is 1. The van der Waals surface area contributed by atoms with Gasteiger partial charge in [-0.05, 0) is 42.8 Å². The van der Waals surface area contributed by atoms with Gasteiger partial charge in [0.25, 0.3) is 0 Å². The lowest BCUT2D eigenvalue weighted by atomic mass is 10.2. The van der Waals surface area contributed by atoms with Crippen LogP contribution in [0.2, 0.25) is 0 Å². The van der Waals surface area contributed by atoms with Gasteiger partial charge in [-0.2, -0.15) is 4.98 Å². The number of nitrogens with zero attached hydrogens (tertiary/aromatic N) is 3. The van der Waals surface area contributed by atoms with Gasteiger partial charge in [0, 0.05) is 24.5 Å². The molecule has 0 saturated carbocycles. The van der Waals surface area contributed by atoms with Crippen molar-refractivity contribution in [1.29, 1.82) is 0 Å². The third kappa shape index (κ3) is 4.37. The van der Waals surface area contributed by atoms with Crippen LogP contribution in [0.5, 0.6) is 0 Å². The molecule has 0 fully saturated rings. The Morgan fingerprint density at radius 2 is 2.08 bits per heavy atom. The second kappa shape index (κ2) is 7.52. The molecular formula is C17H16FN5O2. The summed E-state index contributed by atoms with van der Waals surface area (Å²) in [6, 6.07) is 8.58. The Bertz CT molecular complexity index is 836. The number of hydrogen-bond acceptors (Lipinski definition) is 5. The molecular weight excluding hydrogens is 325 g/mol. The van der Waals surface area contributed by atoms with Crippen LogP contribution in [-0.4, -0.2) is 21.2 Å². The standard InChI is InChI=1S/C17H16FN5O2/c1-11(21-17(24)20-10-12-3-2-8-19-9-12)16-22-15(23-25-16)13-4-6-14(18)7-5-13/h2-9,11H,10H2,1H3,(H2,20,21,24)/t11-/m1/s1. The van der Waals surface area contributed by atoms with Crippen LogP contribution in [0.25, 0.3) is 11.4 Å². The summed E-state index contributed by atoms with van der Waals surface area (Å²) in [4.78, 5) is 20.1. The van der Waals surface area contributed by atoms with E-state index in [2.05, 4.69) is 25.8 Å². The number of pyridine rings is 1. The number of hydrogen-bond donors (Lipinski definition) is 2. The molecule has 1 aromatic carbocycles. The van der Waals surface area contributed by atoms with E-state index in [0.29, 0.717) is 17.9 Å². The molecule has 0 radical (unpaired) electrons. The van der Waals surface area contributed by atoms with Crippen LogP contribution >= 0.6 is 0 Å². The minimum atomic E-state index is -0.476. The SMILES string of the molecule is C[C@@H](NC(=O)NCc1cccnc1)c1nc(-c2ccc(F)cc2)no1. The van der Waals surface area contributed by atoms with Crippen LogP contribution in [0.4, 0.5) is 9.18 Å². The molecule has 2 N–H and O–H groups in total. The summed E-state index contributed by atoms with van der Waals surface area (Å²) in [7, 11) is 0. The van der Waals surface area contributed by atoms with E-state index in [1.165, 1.54) is 12.1 Å². The van der Waals surface area contributed by atoms with Crippen molar-refractivity contribution >= 4 is 6.03 Å². The third-order valence-corrected chi connectivity index (χ3v) is 3.44. The fourth-order valence-corrected chi connectivity index (χ4v) is 2.12. The van der Waals surface area contributed by atoms with Crippen molar-refractivity contribution < 1.29 is 13.7 Å². The Labute approximate surface area is 143 Å². The molecule has 0 saturated heterocycles. The van der Waals surface area contributed by atoms with Crippen LogP contribution < -0.4 is 10.6 Å². The van der Waals surface area contributed by atoms with E-state index in [9.17, 15) is 9.18 Å². The smallest absolute Gasteiger partial charge is 0.315 e. The molecule has 2 heterocycles. The molecule has 7 nitrogen and oxygen atoms in total. The predicted molar refractivity (Wildman–Crippen MR) is 87.7 cm³/mol. The van der Waals surface area contributed by atoms with Gasteiger partial charge in [-0.25, -0.2) is 9.18 Å². The predicted octanol–water partition coefficient (Wildman–Crippen LogP) is 2.83.